The molecule has 0 radical (unpaired) electrons. The quantitative estimate of drug-likeness (QED) is 0.647. The van der Waals surface area contributed by atoms with E-state index in [1.807, 2.05) is 36.4 Å². The van der Waals surface area contributed by atoms with Crippen LogP contribution in [0.2, 0.25) is 5.02 Å². The first-order chi connectivity index (χ1) is 12.4. The molecule has 0 saturated carbocycles. The Kier molecular flexibility index (Phi) is 5.07. The van der Waals surface area contributed by atoms with Crippen molar-refractivity contribution in [1.29, 1.82) is 0 Å². The van der Waals surface area contributed by atoms with Gasteiger partial charge in [-0.25, -0.2) is 0 Å². The molecule has 0 fully saturated rings. The van der Waals surface area contributed by atoms with Gasteiger partial charge in [0.25, 0.3) is 5.91 Å². The number of aliphatic hydroxyl groups is 1. The van der Waals surface area contributed by atoms with Gasteiger partial charge < -0.3 is 10.0 Å². The monoisotopic (exact) mass is 367 g/mol. The predicted octanol–water partition coefficient (Wildman–Crippen LogP) is 3.73. The zero-order valence-corrected chi connectivity index (χ0v) is 15.0. The second kappa shape index (κ2) is 7.28. The van der Waals surface area contributed by atoms with Crippen LogP contribution in [0.4, 0.5) is 5.69 Å². The highest BCUT2D eigenvalue weighted by molar-refractivity contribution is 6.31. The molecule has 26 heavy (non-hydrogen) atoms. The molecule has 3 rings (SSSR count). The van der Waals surface area contributed by atoms with Crippen molar-refractivity contribution in [2.24, 2.45) is 0 Å². The van der Waals surface area contributed by atoms with E-state index in [-0.39, 0.29) is 12.2 Å². The Morgan fingerprint density at radius 3 is 2.65 bits per heavy atom. The van der Waals surface area contributed by atoms with E-state index in [2.05, 4.69) is 0 Å². The van der Waals surface area contributed by atoms with Crippen LogP contribution >= 0.6 is 11.6 Å². The number of hydrogen-bond acceptors (Lipinski definition) is 3. The number of nitrogens with zero attached hydrogens (tertiary/aromatic N) is 1. The maximum Gasteiger partial charge on any atom is 0.263 e. The van der Waals surface area contributed by atoms with Crippen molar-refractivity contribution in [2.75, 3.05) is 11.9 Å². The summed E-state index contributed by atoms with van der Waals surface area (Å²) in [7, 11) is 1.57. The Labute approximate surface area is 157 Å². The van der Waals surface area contributed by atoms with E-state index in [0.29, 0.717) is 16.3 Å². The lowest BCUT2D eigenvalue weighted by Gasteiger charge is -2.20. The highest BCUT2D eigenvalue weighted by Crippen LogP contribution is 2.42. The Morgan fingerprint density at radius 2 is 1.92 bits per heavy atom. The number of ketones is 1. The number of halogens is 1. The molecule has 5 heteroatoms. The minimum absolute atomic E-state index is 0.334. The van der Waals surface area contributed by atoms with E-state index in [1.54, 1.807) is 31.3 Å². The first kappa shape index (κ1) is 18.1. The minimum atomic E-state index is -1.89. The van der Waals surface area contributed by atoms with Crippen molar-refractivity contribution in [1.82, 2.24) is 0 Å². The van der Waals surface area contributed by atoms with Crippen LogP contribution in [-0.4, -0.2) is 23.8 Å². The lowest BCUT2D eigenvalue weighted by atomic mass is 9.90. The van der Waals surface area contributed by atoms with Crippen LogP contribution in [0.3, 0.4) is 0 Å². The molecule has 132 valence electrons. The maximum absolute atomic E-state index is 12.5. The predicted molar refractivity (Wildman–Crippen MR) is 103 cm³/mol. The summed E-state index contributed by atoms with van der Waals surface area (Å²) in [5.41, 5.74) is 0.0423. The summed E-state index contributed by atoms with van der Waals surface area (Å²) in [5, 5.41) is 11.3. The number of likely N-dealkylation sites (N-methyl/N-ethyl adjacent to an activating group) is 1. The highest BCUT2D eigenvalue weighted by Gasteiger charge is 2.49. The van der Waals surface area contributed by atoms with E-state index in [0.717, 1.165) is 5.56 Å². The topological polar surface area (TPSA) is 57.6 Å². The molecular weight excluding hydrogens is 350 g/mol. The van der Waals surface area contributed by atoms with Gasteiger partial charge in [-0.1, -0.05) is 60.2 Å². The van der Waals surface area contributed by atoms with E-state index in [1.165, 1.54) is 17.0 Å². The second-order valence-electron chi connectivity index (χ2n) is 6.16. The third-order valence-corrected chi connectivity index (χ3v) is 4.57. The average Bonchev–Trinajstić information content (AvgIpc) is 2.81. The molecule has 1 heterocycles. The zero-order chi connectivity index (χ0) is 18.7. The number of carbonyl (C=O) groups excluding carboxylic acids is 2. The molecule has 1 aliphatic rings. The molecular formula is C21H18ClNO3. The van der Waals surface area contributed by atoms with Gasteiger partial charge in [0, 0.05) is 17.6 Å². The van der Waals surface area contributed by atoms with Crippen LogP contribution in [0, 0.1) is 0 Å². The summed E-state index contributed by atoms with van der Waals surface area (Å²) in [4.78, 5) is 26.1. The molecule has 0 aliphatic carbocycles. The fraction of sp³-hybridized carbons (Fsp3) is 0.143. The fourth-order valence-corrected chi connectivity index (χ4v) is 3.18. The van der Waals surface area contributed by atoms with Crippen molar-refractivity contribution in [3.63, 3.8) is 0 Å². The molecule has 0 bridgehead atoms. The Morgan fingerprint density at radius 1 is 1.19 bits per heavy atom. The van der Waals surface area contributed by atoms with Crippen LogP contribution in [-0.2, 0) is 15.2 Å². The van der Waals surface area contributed by atoms with Crippen molar-refractivity contribution in [3.05, 3.63) is 82.9 Å². The number of amides is 1. The second-order valence-corrected chi connectivity index (χ2v) is 6.59. The van der Waals surface area contributed by atoms with Crippen molar-refractivity contribution in [2.45, 2.75) is 12.0 Å². The molecule has 0 saturated heterocycles. The molecule has 4 nitrogen and oxygen atoms in total. The normalized spacial score (nSPS) is 19.5. The molecule has 1 unspecified atom stereocenters. The van der Waals surface area contributed by atoms with Gasteiger partial charge in [-0.3, -0.25) is 9.59 Å². The third-order valence-electron chi connectivity index (χ3n) is 4.34. The lowest BCUT2D eigenvalue weighted by molar-refractivity contribution is -0.140. The fourth-order valence-electron chi connectivity index (χ4n) is 3.01. The summed E-state index contributed by atoms with van der Waals surface area (Å²) in [6, 6.07) is 14.5. The van der Waals surface area contributed by atoms with Gasteiger partial charge in [0.2, 0.25) is 0 Å². The summed E-state index contributed by atoms with van der Waals surface area (Å²) in [6.45, 7) is 0. The number of rotatable bonds is 5. The Bertz CT molecular complexity index is 905. The number of fused-ring (bicyclic) bond motifs is 1. The smallest absolute Gasteiger partial charge is 0.263 e. The molecule has 2 aromatic carbocycles. The van der Waals surface area contributed by atoms with Crippen LogP contribution in [0.15, 0.2) is 66.8 Å². The standard InChI is InChI=1S/C21H18ClNO3/c1-23-19-12-11-16(22)13-18(19)21(26,20(23)25)14-17(24)10-6-5-9-15-7-3-2-4-8-15/h2-13,26H,14H2,1H3. The number of anilines is 1. The van der Waals surface area contributed by atoms with Crippen LogP contribution in [0.1, 0.15) is 17.5 Å². The molecule has 1 amide bonds. The molecule has 0 spiro atoms. The number of hydrogen-bond donors (Lipinski definition) is 1. The van der Waals surface area contributed by atoms with E-state index in [4.69, 9.17) is 11.6 Å². The molecule has 1 aliphatic heterocycles. The largest absolute Gasteiger partial charge is 0.375 e. The summed E-state index contributed by atoms with van der Waals surface area (Å²) >= 11 is 5.99. The SMILES string of the molecule is CN1C(=O)C(O)(CC(=O)C=CC=Cc2ccccc2)c2cc(Cl)ccc21. The Hall–Kier alpha value is -2.69. The first-order valence-electron chi connectivity index (χ1n) is 8.15. The lowest BCUT2D eigenvalue weighted by Crippen LogP contribution is -2.40. The van der Waals surface area contributed by atoms with Crippen molar-refractivity contribution >= 4 is 35.1 Å². The zero-order valence-electron chi connectivity index (χ0n) is 14.2. The van der Waals surface area contributed by atoms with Gasteiger partial charge >= 0.3 is 0 Å². The van der Waals surface area contributed by atoms with Gasteiger partial charge in [-0.05, 0) is 29.8 Å². The summed E-state index contributed by atoms with van der Waals surface area (Å²) < 4.78 is 0. The van der Waals surface area contributed by atoms with E-state index in [9.17, 15) is 14.7 Å². The van der Waals surface area contributed by atoms with Gasteiger partial charge in [0.15, 0.2) is 11.4 Å². The maximum atomic E-state index is 12.5. The van der Waals surface area contributed by atoms with E-state index >= 15 is 0 Å². The summed E-state index contributed by atoms with van der Waals surface area (Å²) in [5.74, 6) is -0.879. The van der Waals surface area contributed by atoms with E-state index < -0.39 is 11.5 Å². The highest BCUT2D eigenvalue weighted by atomic mass is 35.5. The van der Waals surface area contributed by atoms with Crippen molar-refractivity contribution in [3.8, 4) is 0 Å². The molecule has 0 aromatic heterocycles. The van der Waals surface area contributed by atoms with Gasteiger partial charge in [0.1, 0.15) is 0 Å². The number of carbonyl (C=O) groups is 2. The molecule has 1 N–H and O–H groups in total. The first-order valence-corrected chi connectivity index (χ1v) is 8.53. The van der Waals surface area contributed by atoms with Gasteiger partial charge in [0.05, 0.1) is 12.1 Å². The van der Waals surface area contributed by atoms with Gasteiger partial charge in [-0.15, -0.1) is 0 Å². The van der Waals surface area contributed by atoms with Crippen LogP contribution < -0.4 is 4.90 Å². The molecule has 1 atom stereocenters. The Balaban J connectivity index is 1.75. The third kappa shape index (κ3) is 3.47. The average molecular weight is 368 g/mol. The van der Waals surface area contributed by atoms with Gasteiger partial charge in [-0.2, -0.15) is 0 Å². The minimum Gasteiger partial charge on any atom is -0.375 e. The number of allylic oxidation sites excluding steroid dienone is 3. The summed E-state index contributed by atoms with van der Waals surface area (Å²) in [6.07, 6.45) is 6.22. The van der Waals surface area contributed by atoms with Crippen LogP contribution in [0.5, 0.6) is 0 Å². The van der Waals surface area contributed by atoms with Crippen molar-refractivity contribution < 1.29 is 14.7 Å². The number of benzene rings is 2. The van der Waals surface area contributed by atoms with Crippen LogP contribution in [0.25, 0.3) is 6.08 Å². The molecule has 2 aromatic rings.